The van der Waals surface area contributed by atoms with E-state index in [1.165, 1.54) is 19.3 Å². The summed E-state index contributed by atoms with van der Waals surface area (Å²) in [5.74, 6) is 0.503. The predicted molar refractivity (Wildman–Crippen MR) is 81.0 cm³/mol. The summed E-state index contributed by atoms with van der Waals surface area (Å²) >= 11 is 0. The van der Waals surface area contributed by atoms with Crippen molar-refractivity contribution in [3.8, 4) is 0 Å². The van der Waals surface area contributed by atoms with Crippen molar-refractivity contribution in [2.45, 2.75) is 46.5 Å². The van der Waals surface area contributed by atoms with Crippen molar-refractivity contribution < 1.29 is 14.7 Å². The normalized spacial score (nSPS) is 32.7. The molecule has 120 valence electrons. The number of carboxylic acids is 1. The second-order valence-corrected chi connectivity index (χ2v) is 7.14. The maximum Gasteiger partial charge on any atom is 0.317 e. The zero-order chi connectivity index (χ0) is 15.6. The van der Waals surface area contributed by atoms with Crippen molar-refractivity contribution in [3.05, 3.63) is 0 Å². The van der Waals surface area contributed by atoms with Crippen LogP contribution in [0.4, 0.5) is 4.79 Å². The molecule has 1 saturated carbocycles. The third-order valence-corrected chi connectivity index (χ3v) is 5.67. The van der Waals surface area contributed by atoms with Gasteiger partial charge in [0.1, 0.15) is 0 Å². The molecule has 1 aliphatic carbocycles. The number of carbonyl (C=O) groups excluding carboxylic acids is 1. The van der Waals surface area contributed by atoms with Gasteiger partial charge in [-0.1, -0.05) is 33.6 Å². The van der Waals surface area contributed by atoms with Crippen LogP contribution in [-0.4, -0.2) is 41.6 Å². The largest absolute Gasteiger partial charge is 0.481 e. The van der Waals surface area contributed by atoms with Gasteiger partial charge in [0.25, 0.3) is 0 Å². The topological polar surface area (TPSA) is 69.6 Å². The van der Waals surface area contributed by atoms with Gasteiger partial charge in [0.15, 0.2) is 0 Å². The minimum Gasteiger partial charge on any atom is -0.481 e. The summed E-state index contributed by atoms with van der Waals surface area (Å²) < 4.78 is 0. The smallest absolute Gasteiger partial charge is 0.317 e. The van der Waals surface area contributed by atoms with E-state index in [-0.39, 0.29) is 11.9 Å². The van der Waals surface area contributed by atoms with Crippen molar-refractivity contribution in [2.75, 3.05) is 19.6 Å². The highest BCUT2D eigenvalue weighted by Crippen LogP contribution is 2.38. The van der Waals surface area contributed by atoms with Crippen LogP contribution in [0.5, 0.6) is 0 Å². The van der Waals surface area contributed by atoms with Crippen molar-refractivity contribution in [2.24, 2.45) is 23.2 Å². The summed E-state index contributed by atoms with van der Waals surface area (Å²) in [5, 5.41) is 12.5. The summed E-state index contributed by atoms with van der Waals surface area (Å²) in [5.41, 5.74) is -0.780. The molecule has 5 heteroatoms. The van der Waals surface area contributed by atoms with E-state index in [4.69, 9.17) is 0 Å². The molecule has 1 aliphatic heterocycles. The third-order valence-electron chi connectivity index (χ3n) is 5.67. The monoisotopic (exact) mass is 296 g/mol. The lowest BCUT2D eigenvalue weighted by atomic mass is 9.76. The van der Waals surface area contributed by atoms with Crippen LogP contribution in [0.25, 0.3) is 0 Å². The Balaban J connectivity index is 1.88. The first kappa shape index (κ1) is 16.1. The molecule has 0 aromatic rings. The minimum absolute atomic E-state index is 0.0302. The SMILES string of the molecule is CC1CCCC1CNC(=O)N1CCC(C(=O)O)(C(C)C)C1. The summed E-state index contributed by atoms with van der Waals surface area (Å²) in [6.07, 6.45) is 4.24. The number of aliphatic carboxylic acids is 1. The molecule has 2 fully saturated rings. The summed E-state index contributed by atoms with van der Waals surface area (Å²) in [4.78, 5) is 25.5. The number of carbonyl (C=O) groups is 2. The van der Waals surface area contributed by atoms with Gasteiger partial charge in [0.05, 0.1) is 5.41 Å². The molecule has 5 nitrogen and oxygen atoms in total. The average Bonchev–Trinajstić information content (AvgIpc) is 3.03. The van der Waals surface area contributed by atoms with Crippen molar-refractivity contribution in [1.29, 1.82) is 0 Å². The van der Waals surface area contributed by atoms with Gasteiger partial charge in [-0.3, -0.25) is 4.79 Å². The molecule has 1 heterocycles. The van der Waals surface area contributed by atoms with Crippen molar-refractivity contribution in [3.63, 3.8) is 0 Å². The van der Waals surface area contributed by atoms with Crippen LogP contribution in [0.1, 0.15) is 46.5 Å². The summed E-state index contributed by atoms with van der Waals surface area (Å²) in [6, 6.07) is -0.0992. The molecule has 0 aromatic heterocycles. The molecule has 1 saturated heterocycles. The van der Waals surface area contributed by atoms with Gasteiger partial charge in [-0.2, -0.15) is 0 Å². The van der Waals surface area contributed by atoms with E-state index in [1.807, 2.05) is 13.8 Å². The number of amides is 2. The highest BCUT2D eigenvalue weighted by Gasteiger charge is 2.48. The molecule has 2 rings (SSSR count). The van der Waals surface area contributed by atoms with Crippen LogP contribution in [0, 0.1) is 23.2 Å². The molecule has 2 N–H and O–H groups in total. The molecule has 0 bridgehead atoms. The van der Waals surface area contributed by atoms with Crippen LogP contribution in [0.15, 0.2) is 0 Å². The lowest BCUT2D eigenvalue weighted by molar-refractivity contribution is -0.150. The van der Waals surface area contributed by atoms with E-state index < -0.39 is 11.4 Å². The van der Waals surface area contributed by atoms with Crippen LogP contribution in [0.3, 0.4) is 0 Å². The average molecular weight is 296 g/mol. The molecule has 3 atom stereocenters. The van der Waals surface area contributed by atoms with E-state index in [0.717, 1.165) is 6.54 Å². The predicted octanol–water partition coefficient (Wildman–Crippen LogP) is 2.56. The van der Waals surface area contributed by atoms with Crippen LogP contribution in [-0.2, 0) is 4.79 Å². The molecule has 2 amide bonds. The first-order valence-electron chi connectivity index (χ1n) is 8.13. The highest BCUT2D eigenvalue weighted by atomic mass is 16.4. The quantitative estimate of drug-likeness (QED) is 0.837. The lowest BCUT2D eigenvalue weighted by Gasteiger charge is -2.29. The Morgan fingerprint density at radius 2 is 2.10 bits per heavy atom. The molecule has 21 heavy (non-hydrogen) atoms. The Labute approximate surface area is 127 Å². The van der Waals surface area contributed by atoms with Gasteiger partial charge >= 0.3 is 12.0 Å². The van der Waals surface area contributed by atoms with Crippen LogP contribution in [0.2, 0.25) is 0 Å². The first-order valence-corrected chi connectivity index (χ1v) is 8.13. The number of carboxylic acid groups (broad SMARTS) is 1. The number of hydrogen-bond acceptors (Lipinski definition) is 2. The molecule has 0 spiro atoms. The van der Waals surface area contributed by atoms with E-state index in [2.05, 4.69) is 12.2 Å². The van der Waals surface area contributed by atoms with Gasteiger partial charge in [-0.25, -0.2) is 4.79 Å². The van der Waals surface area contributed by atoms with Crippen LogP contribution >= 0.6 is 0 Å². The molecule has 0 radical (unpaired) electrons. The first-order chi connectivity index (χ1) is 9.86. The fourth-order valence-electron chi connectivity index (χ4n) is 3.75. The Morgan fingerprint density at radius 1 is 1.38 bits per heavy atom. The van der Waals surface area contributed by atoms with Crippen molar-refractivity contribution >= 4 is 12.0 Å². The van der Waals surface area contributed by atoms with Gasteiger partial charge in [-0.15, -0.1) is 0 Å². The molecule has 3 unspecified atom stereocenters. The Hall–Kier alpha value is -1.26. The molecule has 2 aliphatic rings. The lowest BCUT2D eigenvalue weighted by Crippen LogP contribution is -2.44. The number of hydrogen-bond donors (Lipinski definition) is 2. The molecular formula is C16H28N2O3. The Bertz CT molecular complexity index is 410. The Kier molecular flexibility index (Phi) is 4.79. The second-order valence-electron chi connectivity index (χ2n) is 7.14. The fourth-order valence-corrected chi connectivity index (χ4v) is 3.75. The van der Waals surface area contributed by atoms with Gasteiger partial charge < -0.3 is 15.3 Å². The number of nitrogens with one attached hydrogen (secondary N) is 1. The maximum absolute atomic E-state index is 12.3. The Morgan fingerprint density at radius 3 is 2.57 bits per heavy atom. The number of likely N-dealkylation sites (tertiary alicyclic amines) is 1. The van der Waals surface area contributed by atoms with E-state index >= 15 is 0 Å². The van der Waals surface area contributed by atoms with Crippen LogP contribution < -0.4 is 5.32 Å². The maximum atomic E-state index is 12.3. The highest BCUT2D eigenvalue weighted by molar-refractivity contribution is 5.80. The van der Waals surface area contributed by atoms with E-state index in [1.54, 1.807) is 4.90 Å². The summed E-state index contributed by atoms with van der Waals surface area (Å²) in [7, 11) is 0. The third kappa shape index (κ3) is 3.16. The van der Waals surface area contributed by atoms with E-state index in [9.17, 15) is 14.7 Å². The van der Waals surface area contributed by atoms with E-state index in [0.29, 0.717) is 31.3 Å². The standard InChI is InChI=1S/C16H28N2O3/c1-11(2)16(14(19)20)7-8-18(10-16)15(21)17-9-13-6-4-5-12(13)3/h11-13H,4-10H2,1-3H3,(H,17,21)(H,19,20). The molecular weight excluding hydrogens is 268 g/mol. The fraction of sp³-hybridized carbons (Fsp3) is 0.875. The number of nitrogens with zero attached hydrogens (tertiary/aromatic N) is 1. The molecule has 0 aromatic carbocycles. The number of rotatable bonds is 4. The number of urea groups is 1. The van der Waals surface area contributed by atoms with Gasteiger partial charge in [0, 0.05) is 19.6 Å². The second kappa shape index (κ2) is 6.24. The zero-order valence-electron chi connectivity index (χ0n) is 13.4. The van der Waals surface area contributed by atoms with Gasteiger partial charge in [-0.05, 0) is 30.6 Å². The van der Waals surface area contributed by atoms with Gasteiger partial charge in [0.2, 0.25) is 0 Å². The van der Waals surface area contributed by atoms with Crippen molar-refractivity contribution in [1.82, 2.24) is 10.2 Å². The minimum atomic E-state index is -0.780. The summed E-state index contributed by atoms with van der Waals surface area (Å²) in [6.45, 7) is 7.68. The zero-order valence-corrected chi connectivity index (χ0v) is 13.4.